The number of ether oxygens (including phenoxy) is 1. The van der Waals surface area contributed by atoms with Gasteiger partial charge in [0.2, 0.25) is 0 Å². The summed E-state index contributed by atoms with van der Waals surface area (Å²) >= 11 is 0. The van der Waals surface area contributed by atoms with Crippen molar-refractivity contribution in [3.8, 4) is 5.75 Å². The van der Waals surface area contributed by atoms with Crippen molar-refractivity contribution >= 4 is 11.6 Å². The van der Waals surface area contributed by atoms with E-state index in [-0.39, 0.29) is 12.5 Å². The van der Waals surface area contributed by atoms with E-state index in [2.05, 4.69) is 30.5 Å². The third kappa shape index (κ3) is 3.56. The Bertz CT molecular complexity index is 530. The van der Waals surface area contributed by atoms with E-state index in [1.54, 1.807) is 0 Å². The SMILES string of the molecule is CC1(C)CCC(NCc2ccc3c(c2)NC(=O)CO3)CC1. The molecule has 0 bridgehead atoms. The molecule has 0 spiro atoms. The lowest BCUT2D eigenvalue weighted by molar-refractivity contribution is -0.118. The number of fused-ring (bicyclic) bond motifs is 1. The maximum atomic E-state index is 11.4. The minimum absolute atomic E-state index is 0.0814. The van der Waals surface area contributed by atoms with Crippen molar-refractivity contribution in [2.24, 2.45) is 5.41 Å². The fraction of sp³-hybridized carbons (Fsp3) is 0.588. The summed E-state index contributed by atoms with van der Waals surface area (Å²) in [4.78, 5) is 11.4. The van der Waals surface area contributed by atoms with E-state index < -0.39 is 0 Å². The molecule has 114 valence electrons. The van der Waals surface area contributed by atoms with Crippen LogP contribution in [0, 0.1) is 5.41 Å². The molecule has 1 amide bonds. The highest BCUT2D eigenvalue weighted by atomic mass is 16.5. The summed E-state index contributed by atoms with van der Waals surface area (Å²) in [5, 5.41) is 6.50. The first-order valence-corrected chi connectivity index (χ1v) is 7.81. The van der Waals surface area contributed by atoms with Gasteiger partial charge in [0, 0.05) is 12.6 Å². The van der Waals surface area contributed by atoms with E-state index in [0.29, 0.717) is 11.5 Å². The minimum Gasteiger partial charge on any atom is -0.482 e. The zero-order chi connectivity index (χ0) is 14.9. The number of carbonyl (C=O) groups is 1. The molecule has 1 aliphatic heterocycles. The largest absolute Gasteiger partial charge is 0.482 e. The smallest absolute Gasteiger partial charge is 0.262 e. The van der Waals surface area contributed by atoms with Gasteiger partial charge in [-0.25, -0.2) is 0 Å². The molecule has 1 aliphatic carbocycles. The number of amides is 1. The van der Waals surface area contributed by atoms with Gasteiger partial charge in [-0.2, -0.15) is 0 Å². The van der Waals surface area contributed by atoms with Crippen LogP contribution >= 0.6 is 0 Å². The molecule has 1 saturated carbocycles. The van der Waals surface area contributed by atoms with Gasteiger partial charge in [0.1, 0.15) is 5.75 Å². The highest BCUT2D eigenvalue weighted by Gasteiger charge is 2.26. The maximum Gasteiger partial charge on any atom is 0.262 e. The summed E-state index contributed by atoms with van der Waals surface area (Å²) < 4.78 is 5.38. The molecule has 21 heavy (non-hydrogen) atoms. The standard InChI is InChI=1S/C17H24N2O2/c1-17(2)7-5-13(6-8-17)18-10-12-3-4-15-14(9-12)19-16(20)11-21-15/h3-4,9,13,18H,5-8,10-11H2,1-2H3,(H,19,20). The maximum absolute atomic E-state index is 11.4. The summed E-state index contributed by atoms with van der Waals surface area (Å²) in [5.41, 5.74) is 2.48. The van der Waals surface area contributed by atoms with Gasteiger partial charge in [-0.05, 0) is 48.8 Å². The highest BCUT2D eigenvalue weighted by Crippen LogP contribution is 2.35. The summed E-state index contributed by atoms with van der Waals surface area (Å²) in [5.74, 6) is 0.680. The molecule has 4 heteroatoms. The van der Waals surface area contributed by atoms with Crippen LogP contribution in [0.25, 0.3) is 0 Å². The molecule has 0 unspecified atom stereocenters. The Morgan fingerprint density at radius 3 is 2.86 bits per heavy atom. The van der Waals surface area contributed by atoms with E-state index in [1.165, 1.54) is 31.2 Å². The van der Waals surface area contributed by atoms with Crippen LogP contribution in [-0.2, 0) is 11.3 Å². The second-order valence-electron chi connectivity index (χ2n) is 6.99. The molecular weight excluding hydrogens is 264 g/mol. The number of carbonyl (C=O) groups excluding carboxylic acids is 1. The van der Waals surface area contributed by atoms with Crippen LogP contribution in [0.3, 0.4) is 0 Å². The van der Waals surface area contributed by atoms with Crippen LogP contribution in [0.2, 0.25) is 0 Å². The summed E-state index contributed by atoms with van der Waals surface area (Å²) in [6.45, 7) is 5.67. The molecule has 1 fully saturated rings. The Kier molecular flexibility index (Phi) is 3.89. The Labute approximate surface area is 126 Å². The molecule has 4 nitrogen and oxygen atoms in total. The molecule has 1 aromatic rings. The first-order valence-electron chi connectivity index (χ1n) is 7.81. The van der Waals surface area contributed by atoms with Crippen molar-refractivity contribution in [1.29, 1.82) is 0 Å². The van der Waals surface area contributed by atoms with Crippen molar-refractivity contribution in [3.05, 3.63) is 23.8 Å². The summed E-state index contributed by atoms with van der Waals surface area (Å²) in [6, 6.07) is 6.62. The lowest BCUT2D eigenvalue weighted by Crippen LogP contribution is -2.35. The zero-order valence-electron chi connectivity index (χ0n) is 12.9. The van der Waals surface area contributed by atoms with E-state index in [0.717, 1.165) is 18.0 Å². The van der Waals surface area contributed by atoms with Gasteiger partial charge in [-0.1, -0.05) is 19.9 Å². The Balaban J connectivity index is 1.56. The van der Waals surface area contributed by atoms with Gasteiger partial charge in [0.15, 0.2) is 6.61 Å². The lowest BCUT2D eigenvalue weighted by Gasteiger charge is -2.34. The number of benzene rings is 1. The molecule has 3 rings (SSSR count). The van der Waals surface area contributed by atoms with Gasteiger partial charge in [0.25, 0.3) is 5.91 Å². The second kappa shape index (κ2) is 5.68. The van der Waals surface area contributed by atoms with Crippen molar-refractivity contribution in [3.63, 3.8) is 0 Å². The number of hydrogen-bond donors (Lipinski definition) is 2. The Hall–Kier alpha value is -1.55. The predicted octanol–water partition coefficient (Wildman–Crippen LogP) is 3.08. The first kappa shape index (κ1) is 14.4. The van der Waals surface area contributed by atoms with Crippen molar-refractivity contribution < 1.29 is 9.53 Å². The second-order valence-corrected chi connectivity index (χ2v) is 6.99. The average Bonchev–Trinajstić information content (AvgIpc) is 2.45. The minimum atomic E-state index is -0.0814. The Morgan fingerprint density at radius 2 is 2.10 bits per heavy atom. The zero-order valence-corrected chi connectivity index (χ0v) is 12.9. The third-order valence-electron chi connectivity index (χ3n) is 4.61. The number of anilines is 1. The molecule has 2 aliphatic rings. The van der Waals surface area contributed by atoms with Crippen LogP contribution in [0.5, 0.6) is 5.75 Å². The van der Waals surface area contributed by atoms with Gasteiger partial charge < -0.3 is 15.4 Å². The van der Waals surface area contributed by atoms with E-state index in [4.69, 9.17) is 4.74 Å². The van der Waals surface area contributed by atoms with Gasteiger partial charge >= 0.3 is 0 Å². The van der Waals surface area contributed by atoms with Gasteiger partial charge in [0.05, 0.1) is 5.69 Å². The van der Waals surface area contributed by atoms with E-state index >= 15 is 0 Å². The van der Waals surface area contributed by atoms with Crippen LogP contribution in [0.4, 0.5) is 5.69 Å². The molecule has 2 N–H and O–H groups in total. The molecular formula is C17H24N2O2. The lowest BCUT2D eigenvalue weighted by atomic mass is 9.75. The molecule has 0 saturated heterocycles. The molecule has 0 atom stereocenters. The monoisotopic (exact) mass is 288 g/mol. The van der Waals surface area contributed by atoms with Crippen molar-refractivity contribution in [2.75, 3.05) is 11.9 Å². The fourth-order valence-corrected chi connectivity index (χ4v) is 3.11. The number of hydrogen-bond acceptors (Lipinski definition) is 3. The number of rotatable bonds is 3. The topological polar surface area (TPSA) is 50.4 Å². The van der Waals surface area contributed by atoms with Gasteiger partial charge in [-0.15, -0.1) is 0 Å². The Morgan fingerprint density at radius 1 is 1.33 bits per heavy atom. The molecule has 0 radical (unpaired) electrons. The van der Waals surface area contributed by atoms with Crippen molar-refractivity contribution in [2.45, 2.75) is 52.1 Å². The van der Waals surface area contributed by atoms with Crippen molar-refractivity contribution in [1.82, 2.24) is 5.32 Å². The van der Waals surface area contributed by atoms with Crippen LogP contribution in [-0.4, -0.2) is 18.6 Å². The van der Waals surface area contributed by atoms with Crippen LogP contribution in [0.15, 0.2) is 18.2 Å². The van der Waals surface area contributed by atoms with Crippen LogP contribution < -0.4 is 15.4 Å². The highest BCUT2D eigenvalue weighted by molar-refractivity contribution is 5.95. The van der Waals surface area contributed by atoms with Gasteiger partial charge in [-0.3, -0.25) is 4.79 Å². The normalized spacial score (nSPS) is 21.3. The van der Waals surface area contributed by atoms with E-state index in [1.807, 2.05) is 12.1 Å². The predicted molar refractivity (Wildman–Crippen MR) is 83.4 cm³/mol. The summed E-state index contributed by atoms with van der Waals surface area (Å²) in [6.07, 6.45) is 5.08. The third-order valence-corrected chi connectivity index (χ3v) is 4.61. The average molecular weight is 288 g/mol. The molecule has 1 heterocycles. The first-order chi connectivity index (χ1) is 10.0. The molecule has 0 aromatic heterocycles. The summed E-state index contributed by atoms with van der Waals surface area (Å²) in [7, 11) is 0. The van der Waals surface area contributed by atoms with E-state index in [9.17, 15) is 4.79 Å². The quantitative estimate of drug-likeness (QED) is 0.898. The fourth-order valence-electron chi connectivity index (χ4n) is 3.11. The molecule has 1 aromatic carbocycles. The van der Waals surface area contributed by atoms with Crippen LogP contribution in [0.1, 0.15) is 45.1 Å². The number of nitrogens with one attached hydrogen (secondary N) is 2.